The Labute approximate surface area is 127 Å². The summed E-state index contributed by atoms with van der Waals surface area (Å²) in [5.74, 6) is -0.629. The molecular formula is C16H16ClF2NO. The predicted molar refractivity (Wildman–Crippen MR) is 80.0 cm³/mol. The smallest absolute Gasteiger partial charge is 0.165 e. The Morgan fingerprint density at radius 2 is 1.86 bits per heavy atom. The van der Waals surface area contributed by atoms with Gasteiger partial charge in [0.1, 0.15) is 5.82 Å². The molecule has 1 N–H and O–H groups in total. The van der Waals surface area contributed by atoms with Crippen LogP contribution in [0.2, 0.25) is 5.02 Å². The number of ether oxygens (including phenoxy) is 1. The van der Waals surface area contributed by atoms with Crippen molar-refractivity contribution in [2.24, 2.45) is 0 Å². The summed E-state index contributed by atoms with van der Waals surface area (Å²) >= 11 is 6.14. The van der Waals surface area contributed by atoms with Crippen LogP contribution in [0.1, 0.15) is 22.7 Å². The van der Waals surface area contributed by atoms with Crippen molar-refractivity contribution in [3.05, 3.63) is 63.7 Å². The lowest BCUT2D eigenvalue weighted by Gasteiger charge is -2.20. The van der Waals surface area contributed by atoms with Crippen LogP contribution in [0.15, 0.2) is 30.3 Å². The van der Waals surface area contributed by atoms with Gasteiger partial charge in [-0.25, -0.2) is 8.78 Å². The second kappa shape index (κ2) is 6.41. The SMILES string of the molecule is CNC(c1ccc(F)c(OC)c1)c1cc(C)c(F)cc1Cl. The number of hydrogen-bond acceptors (Lipinski definition) is 2. The first-order valence-corrected chi connectivity index (χ1v) is 6.82. The highest BCUT2D eigenvalue weighted by Gasteiger charge is 2.18. The van der Waals surface area contributed by atoms with Crippen LogP contribution < -0.4 is 10.1 Å². The van der Waals surface area contributed by atoms with E-state index >= 15 is 0 Å². The van der Waals surface area contributed by atoms with Crippen LogP contribution in [-0.2, 0) is 0 Å². The molecule has 0 radical (unpaired) electrons. The van der Waals surface area contributed by atoms with Crippen molar-refractivity contribution >= 4 is 11.6 Å². The lowest BCUT2D eigenvalue weighted by Crippen LogP contribution is -2.18. The second-order valence-corrected chi connectivity index (χ2v) is 5.15. The fraction of sp³-hybridized carbons (Fsp3) is 0.250. The summed E-state index contributed by atoms with van der Waals surface area (Å²) in [6, 6.07) is 7.28. The first-order valence-electron chi connectivity index (χ1n) is 6.44. The molecule has 2 rings (SSSR count). The molecule has 0 heterocycles. The molecule has 0 amide bonds. The zero-order valence-corrected chi connectivity index (χ0v) is 12.8. The van der Waals surface area contributed by atoms with Gasteiger partial charge in [0.2, 0.25) is 0 Å². The first kappa shape index (κ1) is 15.7. The van der Waals surface area contributed by atoms with Crippen molar-refractivity contribution in [3.8, 4) is 5.75 Å². The quantitative estimate of drug-likeness (QED) is 0.911. The van der Waals surface area contributed by atoms with E-state index in [1.807, 2.05) is 0 Å². The Hall–Kier alpha value is -1.65. The minimum Gasteiger partial charge on any atom is -0.494 e. The van der Waals surface area contributed by atoms with E-state index in [1.165, 1.54) is 19.2 Å². The third kappa shape index (κ3) is 3.17. The Bertz CT molecular complexity index is 661. The van der Waals surface area contributed by atoms with Crippen molar-refractivity contribution in [1.82, 2.24) is 5.32 Å². The monoisotopic (exact) mass is 311 g/mol. The molecule has 0 aliphatic carbocycles. The zero-order valence-electron chi connectivity index (χ0n) is 12.0. The molecule has 0 aromatic heterocycles. The summed E-state index contributed by atoms with van der Waals surface area (Å²) in [5, 5.41) is 3.43. The molecular weight excluding hydrogens is 296 g/mol. The number of hydrogen-bond donors (Lipinski definition) is 1. The molecule has 0 spiro atoms. The van der Waals surface area contributed by atoms with E-state index in [2.05, 4.69) is 5.32 Å². The predicted octanol–water partition coefficient (Wildman–Crippen LogP) is 4.24. The van der Waals surface area contributed by atoms with Crippen molar-refractivity contribution in [1.29, 1.82) is 0 Å². The van der Waals surface area contributed by atoms with Crippen molar-refractivity contribution in [2.75, 3.05) is 14.2 Å². The van der Waals surface area contributed by atoms with Gasteiger partial charge in [-0.1, -0.05) is 17.7 Å². The van der Waals surface area contributed by atoms with Gasteiger partial charge in [0.05, 0.1) is 13.2 Å². The molecule has 2 nitrogen and oxygen atoms in total. The number of aryl methyl sites for hydroxylation is 1. The van der Waals surface area contributed by atoms with Crippen LogP contribution in [0.5, 0.6) is 5.75 Å². The van der Waals surface area contributed by atoms with Crippen LogP contribution in [0.25, 0.3) is 0 Å². The Morgan fingerprint density at radius 3 is 2.48 bits per heavy atom. The minimum absolute atomic E-state index is 0.155. The molecule has 0 fully saturated rings. The normalized spacial score (nSPS) is 12.3. The van der Waals surface area contributed by atoms with Crippen LogP contribution in [0.4, 0.5) is 8.78 Å². The van der Waals surface area contributed by atoms with Gasteiger partial charge in [-0.15, -0.1) is 0 Å². The molecule has 2 aromatic carbocycles. The van der Waals surface area contributed by atoms with Gasteiger partial charge in [-0.2, -0.15) is 0 Å². The lowest BCUT2D eigenvalue weighted by molar-refractivity contribution is 0.385. The number of benzene rings is 2. The number of methoxy groups -OCH3 is 1. The number of halogens is 3. The maximum Gasteiger partial charge on any atom is 0.165 e. The second-order valence-electron chi connectivity index (χ2n) is 4.74. The number of rotatable bonds is 4. The van der Waals surface area contributed by atoms with Crippen LogP contribution >= 0.6 is 11.6 Å². The Kier molecular flexibility index (Phi) is 4.80. The standard InChI is InChI=1S/C16H16ClF2NO/c1-9-6-11(12(17)8-14(9)19)16(20-2)10-4-5-13(18)15(7-10)21-3/h4-8,16,20H,1-3H3. The van der Waals surface area contributed by atoms with E-state index in [0.717, 1.165) is 11.1 Å². The van der Waals surface area contributed by atoms with E-state index in [4.69, 9.17) is 16.3 Å². The fourth-order valence-corrected chi connectivity index (χ4v) is 2.52. The topological polar surface area (TPSA) is 21.3 Å². The molecule has 0 aliphatic rings. The zero-order chi connectivity index (χ0) is 15.6. The molecule has 5 heteroatoms. The largest absolute Gasteiger partial charge is 0.494 e. The average molecular weight is 312 g/mol. The van der Waals surface area contributed by atoms with Crippen LogP contribution in [0.3, 0.4) is 0 Å². The molecule has 0 saturated carbocycles. The Balaban J connectivity index is 2.52. The highest BCUT2D eigenvalue weighted by Crippen LogP contribution is 2.32. The van der Waals surface area contributed by atoms with Gasteiger partial charge >= 0.3 is 0 Å². The first-order chi connectivity index (χ1) is 9.97. The molecule has 112 valence electrons. The molecule has 1 atom stereocenters. The van der Waals surface area contributed by atoms with Gasteiger partial charge in [0.25, 0.3) is 0 Å². The summed E-state index contributed by atoms with van der Waals surface area (Å²) in [5.41, 5.74) is 2.01. The van der Waals surface area contributed by atoms with E-state index in [0.29, 0.717) is 10.6 Å². The molecule has 0 aliphatic heterocycles. The van der Waals surface area contributed by atoms with E-state index in [-0.39, 0.29) is 17.6 Å². The van der Waals surface area contributed by atoms with E-state index in [9.17, 15) is 8.78 Å². The van der Waals surface area contributed by atoms with Gasteiger partial charge in [0.15, 0.2) is 11.6 Å². The van der Waals surface area contributed by atoms with Gasteiger partial charge in [-0.3, -0.25) is 0 Å². The number of nitrogens with one attached hydrogen (secondary N) is 1. The molecule has 0 saturated heterocycles. The maximum absolute atomic E-state index is 13.5. The molecule has 1 unspecified atom stereocenters. The molecule has 2 aromatic rings. The third-order valence-electron chi connectivity index (χ3n) is 3.39. The molecule has 0 bridgehead atoms. The Morgan fingerprint density at radius 1 is 1.14 bits per heavy atom. The lowest BCUT2D eigenvalue weighted by atomic mass is 9.97. The molecule has 21 heavy (non-hydrogen) atoms. The summed E-state index contributed by atoms with van der Waals surface area (Å²) < 4.78 is 32.0. The van der Waals surface area contributed by atoms with Gasteiger partial charge < -0.3 is 10.1 Å². The van der Waals surface area contributed by atoms with Crippen molar-refractivity contribution < 1.29 is 13.5 Å². The van der Waals surface area contributed by atoms with Crippen LogP contribution in [-0.4, -0.2) is 14.2 Å². The van der Waals surface area contributed by atoms with Crippen LogP contribution in [0, 0.1) is 18.6 Å². The highest BCUT2D eigenvalue weighted by molar-refractivity contribution is 6.31. The van der Waals surface area contributed by atoms with E-state index < -0.39 is 5.82 Å². The third-order valence-corrected chi connectivity index (χ3v) is 3.71. The van der Waals surface area contributed by atoms with Gasteiger partial charge in [0, 0.05) is 5.02 Å². The summed E-state index contributed by atoms with van der Waals surface area (Å²) in [4.78, 5) is 0. The van der Waals surface area contributed by atoms with Gasteiger partial charge in [-0.05, 0) is 54.9 Å². The summed E-state index contributed by atoms with van der Waals surface area (Å²) in [7, 11) is 3.17. The highest BCUT2D eigenvalue weighted by atomic mass is 35.5. The van der Waals surface area contributed by atoms with Crippen molar-refractivity contribution in [2.45, 2.75) is 13.0 Å². The fourth-order valence-electron chi connectivity index (χ4n) is 2.26. The minimum atomic E-state index is -0.433. The summed E-state index contributed by atoms with van der Waals surface area (Å²) in [6.07, 6.45) is 0. The van der Waals surface area contributed by atoms with E-state index in [1.54, 1.807) is 32.2 Å². The average Bonchev–Trinajstić information content (AvgIpc) is 2.46. The van der Waals surface area contributed by atoms with Crippen molar-refractivity contribution in [3.63, 3.8) is 0 Å². The maximum atomic E-state index is 13.5. The summed E-state index contributed by atoms with van der Waals surface area (Å²) in [6.45, 7) is 1.67.